The summed E-state index contributed by atoms with van der Waals surface area (Å²) in [5, 5.41) is 15.4. The number of aliphatic hydroxyl groups excluding tert-OH is 1. The number of ether oxygens (including phenoxy) is 1. The first-order valence-corrected chi connectivity index (χ1v) is 14.4. The number of amides is 3. The molecule has 5 rings (SSSR count). The molecule has 40 heavy (non-hydrogen) atoms. The van der Waals surface area contributed by atoms with Crippen LogP contribution >= 0.6 is 0 Å². The molecule has 2 aromatic carbocycles. The fourth-order valence-electron chi connectivity index (χ4n) is 7.06. The number of nitrogens with zero attached hydrogens (tertiary/aromatic N) is 2. The highest BCUT2D eigenvalue weighted by Gasteiger charge is 2.77. The summed E-state index contributed by atoms with van der Waals surface area (Å²) in [5.74, 6) is -2.29. The molecule has 5 atom stereocenters. The maximum Gasteiger partial charge on any atom is 0.250 e. The summed E-state index contributed by atoms with van der Waals surface area (Å²) < 4.78 is 6.66. The van der Waals surface area contributed by atoms with Gasteiger partial charge in [0.05, 0.1) is 17.4 Å². The molecule has 9 heteroatoms. The van der Waals surface area contributed by atoms with Crippen molar-refractivity contribution >= 4 is 34.8 Å². The Labute approximate surface area is 235 Å². The summed E-state index contributed by atoms with van der Waals surface area (Å²) in [5.41, 5.74) is 0.428. The van der Waals surface area contributed by atoms with Crippen LogP contribution in [0.2, 0.25) is 0 Å². The van der Waals surface area contributed by atoms with E-state index >= 15 is 0 Å². The Balaban J connectivity index is 1.44. The molecule has 9 nitrogen and oxygen atoms in total. The summed E-state index contributed by atoms with van der Waals surface area (Å²) in [6, 6.07) is 16.0. The third-order valence-corrected chi connectivity index (χ3v) is 8.92. The molecule has 0 radical (unpaired) electrons. The maximum absolute atomic E-state index is 14.0. The number of fused-ring (bicyclic) bond motifs is 1. The maximum atomic E-state index is 14.0. The fraction of sp³-hybridized carbons (Fsp3) is 0.516. The number of unbranched alkanes of at least 4 members (excludes halogenated alkanes) is 1. The van der Waals surface area contributed by atoms with Crippen molar-refractivity contribution in [3.8, 4) is 0 Å². The van der Waals surface area contributed by atoms with Crippen molar-refractivity contribution in [2.75, 3.05) is 41.8 Å². The number of carbonyl (C=O) groups is 3. The van der Waals surface area contributed by atoms with Gasteiger partial charge in [-0.05, 0) is 82.9 Å². The van der Waals surface area contributed by atoms with Crippen LogP contribution in [0.4, 0.5) is 17.1 Å². The Morgan fingerprint density at radius 3 is 2.27 bits per heavy atom. The number of hydrogen-bond acceptors (Lipinski definition) is 6. The van der Waals surface area contributed by atoms with Gasteiger partial charge in [0.15, 0.2) is 0 Å². The fourth-order valence-corrected chi connectivity index (χ4v) is 7.06. The van der Waals surface area contributed by atoms with E-state index in [4.69, 9.17) is 4.74 Å². The molecular formula is C31H40N4O5. The zero-order chi connectivity index (χ0) is 28.5. The first-order chi connectivity index (χ1) is 19.3. The minimum Gasteiger partial charge on any atom is -0.396 e. The molecule has 0 saturated carbocycles. The molecule has 0 aromatic heterocycles. The van der Waals surface area contributed by atoms with Crippen LogP contribution < -0.4 is 15.5 Å². The lowest BCUT2D eigenvalue weighted by Gasteiger charge is -2.33. The van der Waals surface area contributed by atoms with Crippen molar-refractivity contribution in [1.82, 2.24) is 4.90 Å². The Morgan fingerprint density at radius 1 is 0.975 bits per heavy atom. The van der Waals surface area contributed by atoms with Crippen molar-refractivity contribution in [3.63, 3.8) is 0 Å². The van der Waals surface area contributed by atoms with E-state index in [9.17, 15) is 19.5 Å². The molecule has 2 bridgehead atoms. The third kappa shape index (κ3) is 4.75. The van der Waals surface area contributed by atoms with Gasteiger partial charge in [0.2, 0.25) is 17.7 Å². The smallest absolute Gasteiger partial charge is 0.250 e. The average molecular weight is 549 g/mol. The zero-order valence-electron chi connectivity index (χ0n) is 23.6. The highest BCUT2D eigenvalue weighted by molar-refractivity contribution is 6.05. The minimum absolute atomic E-state index is 0.00301. The van der Waals surface area contributed by atoms with Crippen molar-refractivity contribution < 1.29 is 24.2 Å². The van der Waals surface area contributed by atoms with Crippen LogP contribution in [-0.4, -0.2) is 71.2 Å². The number of carbonyl (C=O) groups excluding carboxylic acids is 3. The summed E-state index contributed by atoms with van der Waals surface area (Å²) in [6.07, 6.45) is 2.16. The van der Waals surface area contributed by atoms with Crippen LogP contribution in [0.5, 0.6) is 0 Å². The van der Waals surface area contributed by atoms with Gasteiger partial charge in [-0.2, -0.15) is 0 Å². The second-order valence-corrected chi connectivity index (χ2v) is 11.3. The SMILES string of the molecule is CCN(CC)c1ccc(NC(=O)C2N(CCCCO)C(=O)[C@@H]3[C@@H](C(=O)Nc4ccccc4)[C@@]4(C)CCC23O4)cc1. The van der Waals surface area contributed by atoms with Gasteiger partial charge in [-0.3, -0.25) is 14.4 Å². The molecule has 3 amide bonds. The normalized spacial score (nSPS) is 28.4. The number of likely N-dealkylation sites (tertiary alicyclic amines) is 1. The highest BCUT2D eigenvalue weighted by Crippen LogP contribution is 2.63. The van der Waals surface area contributed by atoms with E-state index in [1.165, 1.54) is 0 Å². The van der Waals surface area contributed by atoms with E-state index in [-0.39, 0.29) is 24.3 Å². The molecule has 1 spiro atoms. The van der Waals surface area contributed by atoms with Gasteiger partial charge in [-0.25, -0.2) is 0 Å². The number of benzene rings is 2. The average Bonchev–Trinajstić information content (AvgIpc) is 3.51. The highest BCUT2D eigenvalue weighted by atomic mass is 16.5. The monoisotopic (exact) mass is 548 g/mol. The van der Waals surface area contributed by atoms with Crippen LogP contribution in [0, 0.1) is 11.8 Å². The summed E-state index contributed by atoms with van der Waals surface area (Å²) >= 11 is 0. The minimum atomic E-state index is -1.09. The van der Waals surface area contributed by atoms with Gasteiger partial charge in [-0.15, -0.1) is 0 Å². The predicted octanol–water partition coefficient (Wildman–Crippen LogP) is 3.65. The lowest BCUT2D eigenvalue weighted by Crippen LogP contribution is -2.53. The van der Waals surface area contributed by atoms with Crippen LogP contribution in [0.25, 0.3) is 0 Å². The standard InChI is InChI=1S/C31H40N4O5/c1-4-34(5-2)23-15-13-22(14-16-23)33-28(38)26-31-18-17-30(3,40-31)24(27(37)32-21-11-7-6-8-12-21)25(31)29(39)35(26)19-9-10-20-36/h6-8,11-16,24-26,36H,4-5,9-10,17-20H2,1-3H3,(H,32,37)(H,33,38)/t24-,25-,26?,30+,31?/m0/s1. The Bertz CT molecular complexity index is 1230. The van der Waals surface area contributed by atoms with Gasteiger partial charge in [0, 0.05) is 43.3 Å². The molecule has 3 fully saturated rings. The number of para-hydroxylation sites is 1. The molecule has 3 aliphatic rings. The second-order valence-electron chi connectivity index (χ2n) is 11.3. The second kappa shape index (κ2) is 11.2. The molecule has 3 saturated heterocycles. The van der Waals surface area contributed by atoms with Gasteiger partial charge in [-0.1, -0.05) is 18.2 Å². The van der Waals surface area contributed by atoms with Gasteiger partial charge in [0.25, 0.3) is 0 Å². The van der Waals surface area contributed by atoms with Crippen LogP contribution in [0.15, 0.2) is 54.6 Å². The third-order valence-electron chi connectivity index (χ3n) is 8.92. The van der Waals surface area contributed by atoms with E-state index in [2.05, 4.69) is 29.4 Å². The van der Waals surface area contributed by atoms with Crippen molar-refractivity contribution in [1.29, 1.82) is 0 Å². The number of anilines is 3. The molecule has 2 aromatic rings. The van der Waals surface area contributed by atoms with Gasteiger partial charge >= 0.3 is 0 Å². The summed E-state index contributed by atoms with van der Waals surface area (Å²) in [6.45, 7) is 8.16. The van der Waals surface area contributed by atoms with Gasteiger partial charge < -0.3 is 30.3 Å². The first-order valence-electron chi connectivity index (χ1n) is 14.4. The molecule has 3 N–H and O–H groups in total. The van der Waals surface area contributed by atoms with E-state index < -0.39 is 29.1 Å². The zero-order valence-corrected chi connectivity index (χ0v) is 23.6. The number of nitrogens with one attached hydrogen (secondary N) is 2. The van der Waals surface area contributed by atoms with Crippen molar-refractivity contribution in [2.24, 2.45) is 11.8 Å². The van der Waals surface area contributed by atoms with Crippen LogP contribution in [-0.2, 0) is 19.1 Å². The molecule has 214 valence electrons. The molecule has 0 aliphatic carbocycles. The molecule has 2 unspecified atom stereocenters. The number of rotatable bonds is 11. The quantitative estimate of drug-likeness (QED) is 0.370. The number of hydrogen-bond donors (Lipinski definition) is 3. The van der Waals surface area contributed by atoms with Crippen molar-refractivity contribution in [2.45, 2.75) is 63.7 Å². The molecular weight excluding hydrogens is 508 g/mol. The van der Waals surface area contributed by atoms with Crippen LogP contribution in [0.1, 0.15) is 46.5 Å². The van der Waals surface area contributed by atoms with Gasteiger partial charge in [0.1, 0.15) is 11.6 Å². The molecule has 3 aliphatic heterocycles. The largest absolute Gasteiger partial charge is 0.396 e. The van der Waals surface area contributed by atoms with E-state index in [0.717, 1.165) is 18.8 Å². The summed E-state index contributed by atoms with van der Waals surface area (Å²) in [7, 11) is 0. The summed E-state index contributed by atoms with van der Waals surface area (Å²) in [4.78, 5) is 45.5. The topological polar surface area (TPSA) is 111 Å². The predicted molar refractivity (Wildman–Crippen MR) is 154 cm³/mol. The van der Waals surface area contributed by atoms with E-state index in [1.807, 2.05) is 61.5 Å². The number of aliphatic hydroxyl groups is 1. The van der Waals surface area contributed by atoms with E-state index in [0.29, 0.717) is 43.6 Å². The lowest BCUT2D eigenvalue weighted by molar-refractivity contribution is -0.143. The Kier molecular flexibility index (Phi) is 7.88. The first kappa shape index (κ1) is 28.1. The Hall–Kier alpha value is -3.43. The van der Waals surface area contributed by atoms with E-state index in [1.54, 1.807) is 4.90 Å². The Morgan fingerprint density at radius 2 is 1.62 bits per heavy atom. The van der Waals surface area contributed by atoms with Crippen LogP contribution in [0.3, 0.4) is 0 Å². The van der Waals surface area contributed by atoms with Crippen molar-refractivity contribution in [3.05, 3.63) is 54.6 Å². The molecule has 3 heterocycles. The lowest BCUT2D eigenvalue weighted by atomic mass is 9.66.